The third kappa shape index (κ3) is 5.18. The summed E-state index contributed by atoms with van der Waals surface area (Å²) in [5, 5.41) is 3.05. The van der Waals surface area contributed by atoms with Gasteiger partial charge >= 0.3 is 12.0 Å². The highest BCUT2D eigenvalue weighted by atomic mass is 79.9. The van der Waals surface area contributed by atoms with Crippen LogP contribution in [-0.2, 0) is 14.3 Å². The number of nitrogens with one attached hydrogen (secondary N) is 1. The minimum Gasteiger partial charge on any atom is -0.493 e. The molecule has 1 heterocycles. The molecule has 1 N–H and O–H groups in total. The van der Waals surface area contributed by atoms with Gasteiger partial charge in [0.25, 0.3) is 5.91 Å². The summed E-state index contributed by atoms with van der Waals surface area (Å²) in [6, 6.07) is 8.99. The zero-order valence-electron chi connectivity index (χ0n) is 16.6. The highest BCUT2D eigenvalue weighted by molar-refractivity contribution is 9.10. The Kier molecular flexibility index (Phi) is 7.19. The molecule has 3 rings (SSSR count). The summed E-state index contributed by atoms with van der Waals surface area (Å²) in [5.74, 6) is -0.367. The second-order valence-corrected chi connectivity index (χ2v) is 7.51. The van der Waals surface area contributed by atoms with Crippen LogP contribution in [0.2, 0.25) is 5.02 Å². The lowest BCUT2D eigenvalue weighted by molar-refractivity contribution is -0.145. The number of halogens is 2. The Balaban J connectivity index is 1.85. The molecule has 1 saturated heterocycles. The zero-order chi connectivity index (χ0) is 22.5. The molecule has 162 valence electrons. The molecular weight excluding hydrogens is 492 g/mol. The number of rotatable bonds is 7. The first-order valence-electron chi connectivity index (χ1n) is 9.12. The maximum absolute atomic E-state index is 12.8. The Labute approximate surface area is 191 Å². The van der Waals surface area contributed by atoms with E-state index in [2.05, 4.69) is 21.2 Å². The minimum absolute atomic E-state index is 0.0860. The largest absolute Gasteiger partial charge is 0.493 e. The Morgan fingerprint density at radius 3 is 2.55 bits per heavy atom. The van der Waals surface area contributed by atoms with Gasteiger partial charge < -0.3 is 19.5 Å². The molecule has 1 aliphatic heterocycles. The van der Waals surface area contributed by atoms with E-state index in [4.69, 9.17) is 25.8 Å². The fourth-order valence-corrected chi connectivity index (χ4v) is 3.35. The number of ether oxygens (including phenoxy) is 3. The van der Waals surface area contributed by atoms with Crippen LogP contribution in [0.5, 0.6) is 11.5 Å². The van der Waals surface area contributed by atoms with Crippen molar-refractivity contribution in [3.63, 3.8) is 0 Å². The van der Waals surface area contributed by atoms with Crippen LogP contribution in [0.1, 0.15) is 12.5 Å². The lowest BCUT2D eigenvalue weighted by atomic mass is 10.1. The van der Waals surface area contributed by atoms with E-state index in [0.717, 1.165) is 4.90 Å². The molecular formula is C21H18BrClN2O6. The molecule has 1 aliphatic rings. The summed E-state index contributed by atoms with van der Waals surface area (Å²) in [7, 11) is 1.45. The summed E-state index contributed by atoms with van der Waals surface area (Å²) in [6.45, 7) is 1.68. The van der Waals surface area contributed by atoms with Crippen LogP contribution >= 0.6 is 27.5 Å². The Hall–Kier alpha value is -3.04. The fraction of sp³-hybridized carbons (Fsp3) is 0.190. The molecule has 2 aromatic rings. The number of nitrogens with zero attached hydrogens (tertiary/aromatic N) is 1. The Morgan fingerprint density at radius 2 is 1.90 bits per heavy atom. The van der Waals surface area contributed by atoms with E-state index >= 15 is 0 Å². The number of imide groups is 1. The van der Waals surface area contributed by atoms with Crippen molar-refractivity contribution >= 4 is 57.2 Å². The number of hydrogen-bond acceptors (Lipinski definition) is 6. The molecule has 0 aromatic heterocycles. The minimum atomic E-state index is -0.573. The molecule has 1 fully saturated rings. The number of carbonyl (C=O) groups is 3. The van der Waals surface area contributed by atoms with Gasteiger partial charge in [0.1, 0.15) is 5.70 Å². The maximum Gasteiger partial charge on any atom is 0.344 e. The van der Waals surface area contributed by atoms with Crippen LogP contribution < -0.4 is 19.7 Å². The number of hydrogen-bond donors (Lipinski definition) is 1. The van der Waals surface area contributed by atoms with Crippen LogP contribution in [0, 0.1) is 0 Å². The van der Waals surface area contributed by atoms with Crippen LogP contribution in [0.15, 0.2) is 46.6 Å². The quantitative estimate of drug-likeness (QED) is 0.342. The average molecular weight is 510 g/mol. The van der Waals surface area contributed by atoms with Crippen LogP contribution in [0.25, 0.3) is 6.08 Å². The third-order valence-electron chi connectivity index (χ3n) is 4.20. The van der Waals surface area contributed by atoms with E-state index in [9.17, 15) is 14.4 Å². The van der Waals surface area contributed by atoms with Crippen LogP contribution in [0.3, 0.4) is 0 Å². The number of esters is 1. The average Bonchev–Trinajstić information content (AvgIpc) is 3.02. The predicted molar refractivity (Wildman–Crippen MR) is 118 cm³/mol. The normalized spacial score (nSPS) is 14.6. The summed E-state index contributed by atoms with van der Waals surface area (Å²) in [5.41, 5.74) is 1.04. The van der Waals surface area contributed by atoms with Crippen molar-refractivity contribution in [2.75, 3.05) is 25.2 Å². The van der Waals surface area contributed by atoms with E-state index in [0.29, 0.717) is 32.2 Å². The van der Waals surface area contributed by atoms with Crippen molar-refractivity contribution < 1.29 is 28.6 Å². The number of amides is 3. The second-order valence-electron chi connectivity index (χ2n) is 6.22. The van der Waals surface area contributed by atoms with Crippen molar-refractivity contribution in [1.82, 2.24) is 5.32 Å². The van der Waals surface area contributed by atoms with E-state index in [-0.39, 0.29) is 18.9 Å². The molecule has 3 amide bonds. The second kappa shape index (κ2) is 9.84. The zero-order valence-corrected chi connectivity index (χ0v) is 19.0. The molecule has 0 aliphatic carbocycles. The molecule has 0 unspecified atom stereocenters. The van der Waals surface area contributed by atoms with Crippen molar-refractivity contribution in [3.05, 3.63) is 57.2 Å². The molecule has 0 spiro atoms. The van der Waals surface area contributed by atoms with Crippen molar-refractivity contribution in [1.29, 1.82) is 0 Å². The van der Waals surface area contributed by atoms with Gasteiger partial charge in [-0.05, 0) is 55.0 Å². The topological polar surface area (TPSA) is 94.2 Å². The standard InChI is InChI=1S/C21H18BrClN2O6/c1-3-30-19(26)11-31-18-10-15(22)12(9-17(18)29-2)8-16-20(27)25(21(28)24-16)14-6-4-13(23)5-7-14/h4-10H,3,11H2,1-2H3,(H,24,28)/b16-8+. The molecule has 0 saturated carbocycles. The van der Waals surface area contributed by atoms with Gasteiger partial charge in [0.15, 0.2) is 18.1 Å². The van der Waals surface area contributed by atoms with E-state index in [1.54, 1.807) is 43.3 Å². The van der Waals surface area contributed by atoms with E-state index in [1.807, 2.05) is 0 Å². The fourth-order valence-electron chi connectivity index (χ4n) is 2.79. The Morgan fingerprint density at radius 1 is 1.19 bits per heavy atom. The molecule has 0 atom stereocenters. The number of urea groups is 1. The molecule has 0 bridgehead atoms. The monoisotopic (exact) mass is 508 g/mol. The highest BCUT2D eigenvalue weighted by Gasteiger charge is 2.35. The molecule has 31 heavy (non-hydrogen) atoms. The maximum atomic E-state index is 12.8. The summed E-state index contributed by atoms with van der Waals surface area (Å²) in [6.07, 6.45) is 1.51. The van der Waals surface area contributed by atoms with Crippen molar-refractivity contribution in [2.45, 2.75) is 6.92 Å². The summed E-state index contributed by atoms with van der Waals surface area (Å²) in [4.78, 5) is 37.7. The lowest BCUT2D eigenvalue weighted by Crippen LogP contribution is -2.30. The first-order valence-corrected chi connectivity index (χ1v) is 10.3. The van der Waals surface area contributed by atoms with Crippen LogP contribution in [0.4, 0.5) is 10.5 Å². The molecule has 10 heteroatoms. The number of carbonyl (C=O) groups excluding carboxylic acids is 3. The van der Waals surface area contributed by atoms with Gasteiger partial charge in [-0.25, -0.2) is 14.5 Å². The first-order chi connectivity index (χ1) is 14.8. The lowest BCUT2D eigenvalue weighted by Gasteiger charge is -2.13. The van der Waals surface area contributed by atoms with Gasteiger partial charge in [0.05, 0.1) is 19.4 Å². The van der Waals surface area contributed by atoms with Crippen molar-refractivity contribution in [3.8, 4) is 11.5 Å². The van der Waals surface area contributed by atoms with E-state index < -0.39 is 17.9 Å². The number of methoxy groups -OCH3 is 1. The van der Waals surface area contributed by atoms with Gasteiger partial charge in [0.2, 0.25) is 0 Å². The van der Waals surface area contributed by atoms with Crippen molar-refractivity contribution in [2.24, 2.45) is 0 Å². The van der Waals surface area contributed by atoms with Gasteiger partial charge in [-0.2, -0.15) is 0 Å². The molecule has 2 aromatic carbocycles. The highest BCUT2D eigenvalue weighted by Crippen LogP contribution is 2.35. The smallest absolute Gasteiger partial charge is 0.344 e. The summed E-state index contributed by atoms with van der Waals surface area (Å²) < 4.78 is 16.2. The molecule has 0 radical (unpaired) electrons. The predicted octanol–water partition coefficient (Wildman–Crippen LogP) is 4.15. The van der Waals surface area contributed by atoms with Crippen LogP contribution in [-0.4, -0.2) is 38.2 Å². The van der Waals surface area contributed by atoms with Gasteiger partial charge in [-0.15, -0.1) is 0 Å². The number of anilines is 1. The summed E-state index contributed by atoms with van der Waals surface area (Å²) >= 11 is 9.28. The number of benzene rings is 2. The van der Waals surface area contributed by atoms with E-state index in [1.165, 1.54) is 13.2 Å². The Bertz CT molecular complexity index is 1050. The third-order valence-corrected chi connectivity index (χ3v) is 5.14. The molecule has 8 nitrogen and oxygen atoms in total. The first kappa shape index (κ1) is 22.6. The van der Waals surface area contributed by atoms with Gasteiger partial charge in [-0.3, -0.25) is 4.79 Å². The van der Waals surface area contributed by atoms with Gasteiger partial charge in [-0.1, -0.05) is 27.5 Å². The SMILES string of the molecule is CCOC(=O)COc1cc(Br)c(/C=C2/NC(=O)N(c3ccc(Cl)cc3)C2=O)cc1OC. The van der Waals surface area contributed by atoms with Gasteiger partial charge in [0, 0.05) is 9.50 Å².